The molecule has 0 aromatic carbocycles. The first-order valence-electron chi connectivity index (χ1n) is 6.00. The van der Waals surface area contributed by atoms with E-state index in [-0.39, 0.29) is 23.0 Å². The molecular formula is C12H14N4O3. The molecule has 19 heavy (non-hydrogen) atoms. The lowest BCUT2D eigenvalue weighted by Gasteiger charge is -2.18. The minimum absolute atomic E-state index is 0.0945. The van der Waals surface area contributed by atoms with Gasteiger partial charge in [0.1, 0.15) is 6.07 Å². The van der Waals surface area contributed by atoms with E-state index in [2.05, 4.69) is 4.98 Å². The van der Waals surface area contributed by atoms with Gasteiger partial charge in [-0.3, -0.25) is 10.1 Å². The van der Waals surface area contributed by atoms with Crippen molar-refractivity contribution in [2.45, 2.75) is 19.4 Å². The molecule has 7 heteroatoms. The van der Waals surface area contributed by atoms with Crippen molar-refractivity contribution in [2.75, 3.05) is 18.0 Å². The summed E-state index contributed by atoms with van der Waals surface area (Å²) in [4.78, 5) is 16.3. The summed E-state index contributed by atoms with van der Waals surface area (Å²) in [7, 11) is 0. The highest BCUT2D eigenvalue weighted by molar-refractivity contribution is 5.60. The highest BCUT2D eigenvalue weighted by atomic mass is 16.6. The lowest BCUT2D eigenvalue weighted by Crippen LogP contribution is -2.25. The molecule has 1 N–H and O–H groups in total. The average molecular weight is 262 g/mol. The summed E-state index contributed by atoms with van der Waals surface area (Å²) in [5.41, 5.74) is 0.00650. The molecular weight excluding hydrogens is 248 g/mol. The van der Waals surface area contributed by atoms with Crippen molar-refractivity contribution in [2.24, 2.45) is 5.92 Å². The molecule has 0 amide bonds. The fourth-order valence-electron chi connectivity index (χ4n) is 2.26. The molecule has 7 nitrogen and oxygen atoms in total. The number of rotatable bonds is 3. The number of anilines is 1. The van der Waals surface area contributed by atoms with Crippen molar-refractivity contribution < 1.29 is 10.0 Å². The fourth-order valence-corrected chi connectivity index (χ4v) is 2.26. The van der Waals surface area contributed by atoms with Gasteiger partial charge in [-0.25, -0.2) is 4.98 Å². The zero-order valence-electron chi connectivity index (χ0n) is 10.5. The lowest BCUT2D eigenvalue weighted by molar-refractivity contribution is -0.384. The van der Waals surface area contributed by atoms with Crippen LogP contribution in [0.4, 0.5) is 11.5 Å². The van der Waals surface area contributed by atoms with Gasteiger partial charge in [0.25, 0.3) is 0 Å². The van der Waals surface area contributed by atoms with Gasteiger partial charge in [0.05, 0.1) is 16.6 Å². The van der Waals surface area contributed by atoms with Crippen LogP contribution in [0.25, 0.3) is 0 Å². The van der Waals surface area contributed by atoms with Crippen LogP contribution in [-0.2, 0) is 0 Å². The molecule has 1 fully saturated rings. The number of pyridine rings is 1. The second-order valence-corrected chi connectivity index (χ2v) is 4.67. The SMILES string of the molecule is CC(O)C1CCN(c2ncc(C#N)cc2[N+](=O)[O-])C1. The molecule has 100 valence electrons. The van der Waals surface area contributed by atoms with Crippen molar-refractivity contribution in [3.63, 3.8) is 0 Å². The normalized spacial score (nSPS) is 20.1. The zero-order chi connectivity index (χ0) is 14.0. The van der Waals surface area contributed by atoms with Crippen molar-refractivity contribution in [3.05, 3.63) is 27.9 Å². The summed E-state index contributed by atoms with van der Waals surface area (Å²) in [6.45, 7) is 2.88. The minimum atomic E-state index is -0.529. The van der Waals surface area contributed by atoms with Gasteiger partial charge in [0, 0.05) is 31.3 Å². The monoisotopic (exact) mass is 262 g/mol. The molecule has 1 aliphatic rings. The maximum absolute atomic E-state index is 11.0. The number of nitro groups is 1. The van der Waals surface area contributed by atoms with E-state index in [0.717, 1.165) is 6.42 Å². The molecule has 0 aliphatic carbocycles. The lowest BCUT2D eigenvalue weighted by atomic mass is 10.0. The Morgan fingerprint density at radius 1 is 1.74 bits per heavy atom. The van der Waals surface area contributed by atoms with E-state index in [4.69, 9.17) is 5.26 Å². The zero-order valence-corrected chi connectivity index (χ0v) is 10.5. The van der Waals surface area contributed by atoms with E-state index in [0.29, 0.717) is 13.1 Å². The van der Waals surface area contributed by atoms with Crippen molar-refractivity contribution >= 4 is 11.5 Å². The third-order valence-electron chi connectivity index (χ3n) is 3.38. The van der Waals surface area contributed by atoms with Gasteiger partial charge in [-0.05, 0) is 13.3 Å². The topological polar surface area (TPSA) is 103 Å². The Labute approximate surface area is 110 Å². The molecule has 0 saturated carbocycles. The number of hydrogen-bond donors (Lipinski definition) is 1. The van der Waals surface area contributed by atoms with Gasteiger partial charge in [0.2, 0.25) is 5.82 Å². The van der Waals surface area contributed by atoms with Crippen LogP contribution in [-0.4, -0.2) is 34.2 Å². The van der Waals surface area contributed by atoms with Crippen molar-refractivity contribution in [1.82, 2.24) is 4.98 Å². The molecule has 1 aliphatic heterocycles. The second-order valence-electron chi connectivity index (χ2n) is 4.67. The summed E-state index contributed by atoms with van der Waals surface area (Å²) >= 11 is 0. The van der Waals surface area contributed by atoms with Gasteiger partial charge in [-0.2, -0.15) is 5.26 Å². The Bertz CT molecular complexity index is 538. The van der Waals surface area contributed by atoms with Crippen molar-refractivity contribution in [3.8, 4) is 6.07 Å². The molecule has 0 radical (unpaired) electrons. The summed E-state index contributed by atoms with van der Waals surface area (Å²) < 4.78 is 0. The highest BCUT2D eigenvalue weighted by Crippen LogP contribution is 2.31. The average Bonchev–Trinajstić information content (AvgIpc) is 2.87. The van der Waals surface area contributed by atoms with E-state index in [1.54, 1.807) is 11.8 Å². The number of nitrogens with zero attached hydrogens (tertiary/aromatic N) is 4. The quantitative estimate of drug-likeness (QED) is 0.645. The van der Waals surface area contributed by atoms with Gasteiger partial charge >= 0.3 is 5.69 Å². The maximum atomic E-state index is 11.0. The van der Waals surface area contributed by atoms with Crippen molar-refractivity contribution in [1.29, 1.82) is 5.26 Å². The molecule has 1 saturated heterocycles. The largest absolute Gasteiger partial charge is 0.393 e. The molecule has 2 rings (SSSR count). The van der Waals surface area contributed by atoms with Crippen LogP contribution in [0.2, 0.25) is 0 Å². The molecule has 2 unspecified atom stereocenters. The van der Waals surface area contributed by atoms with Crippen LogP contribution in [0.15, 0.2) is 12.3 Å². The second kappa shape index (κ2) is 5.20. The predicted octanol–water partition coefficient (Wildman–Crippen LogP) is 1.07. The first kappa shape index (κ1) is 13.2. The van der Waals surface area contributed by atoms with Gasteiger partial charge in [0.15, 0.2) is 0 Å². The van der Waals surface area contributed by atoms with Crippen LogP contribution < -0.4 is 4.90 Å². The van der Waals surface area contributed by atoms with E-state index in [1.165, 1.54) is 12.3 Å². The standard InChI is InChI=1S/C12H14N4O3/c1-8(17)10-2-3-15(7-10)12-11(16(18)19)4-9(5-13)6-14-12/h4,6,8,10,17H,2-3,7H2,1H3. The Morgan fingerprint density at radius 3 is 3.00 bits per heavy atom. The first-order chi connectivity index (χ1) is 9.02. The minimum Gasteiger partial charge on any atom is -0.393 e. The summed E-state index contributed by atoms with van der Waals surface area (Å²) in [5.74, 6) is 0.365. The van der Waals surface area contributed by atoms with Crippen LogP contribution >= 0.6 is 0 Å². The van der Waals surface area contributed by atoms with Gasteiger partial charge < -0.3 is 10.0 Å². The van der Waals surface area contributed by atoms with Crippen LogP contribution in [0, 0.1) is 27.4 Å². The molecule has 1 aromatic rings. The van der Waals surface area contributed by atoms with Crippen LogP contribution in [0.3, 0.4) is 0 Å². The molecule has 2 heterocycles. The Morgan fingerprint density at radius 2 is 2.47 bits per heavy atom. The number of aliphatic hydroxyl groups is 1. The van der Waals surface area contributed by atoms with E-state index < -0.39 is 11.0 Å². The van der Waals surface area contributed by atoms with Crippen LogP contribution in [0.5, 0.6) is 0 Å². The maximum Gasteiger partial charge on any atom is 0.312 e. The number of aromatic nitrogens is 1. The number of aliphatic hydroxyl groups excluding tert-OH is 1. The van der Waals surface area contributed by atoms with E-state index >= 15 is 0 Å². The summed E-state index contributed by atoms with van der Waals surface area (Å²) in [6, 6.07) is 3.08. The summed E-state index contributed by atoms with van der Waals surface area (Å²) in [5, 5.41) is 29.4. The number of nitriles is 1. The smallest absolute Gasteiger partial charge is 0.312 e. The molecule has 1 aromatic heterocycles. The van der Waals surface area contributed by atoms with E-state index in [9.17, 15) is 15.2 Å². The molecule has 2 atom stereocenters. The van der Waals surface area contributed by atoms with Gasteiger partial charge in [-0.1, -0.05) is 0 Å². The van der Waals surface area contributed by atoms with E-state index in [1.807, 2.05) is 6.07 Å². The third-order valence-corrected chi connectivity index (χ3v) is 3.38. The van der Waals surface area contributed by atoms with Crippen LogP contribution in [0.1, 0.15) is 18.9 Å². The number of hydrogen-bond acceptors (Lipinski definition) is 6. The third kappa shape index (κ3) is 2.63. The van der Waals surface area contributed by atoms with Gasteiger partial charge in [-0.15, -0.1) is 0 Å². The fraction of sp³-hybridized carbons (Fsp3) is 0.500. The highest BCUT2D eigenvalue weighted by Gasteiger charge is 2.31. The molecule has 0 bridgehead atoms. The summed E-state index contributed by atoms with van der Waals surface area (Å²) in [6.07, 6.45) is 1.66. The molecule has 0 spiro atoms. The Kier molecular flexibility index (Phi) is 3.62. The predicted molar refractivity (Wildman–Crippen MR) is 67.6 cm³/mol. The first-order valence-corrected chi connectivity index (χ1v) is 6.00. The Hall–Kier alpha value is -2.20. The Balaban J connectivity index is 2.31.